The van der Waals surface area contributed by atoms with Crippen LogP contribution in [-0.2, 0) is 9.53 Å². The number of carboxylic acids is 1. The van der Waals surface area contributed by atoms with Crippen molar-refractivity contribution < 1.29 is 19.4 Å². The first kappa shape index (κ1) is 16.4. The van der Waals surface area contributed by atoms with Gasteiger partial charge in [0.15, 0.2) is 0 Å². The van der Waals surface area contributed by atoms with E-state index in [1.54, 1.807) is 28.7 Å². The molecule has 0 aromatic heterocycles. The monoisotopic (exact) mass is 316 g/mol. The number of carboxylic acid groups (broad SMARTS) is 1. The Balaban J connectivity index is 2.16. The van der Waals surface area contributed by atoms with E-state index in [2.05, 4.69) is 0 Å². The lowest BCUT2D eigenvalue weighted by Gasteiger charge is -2.35. The lowest BCUT2D eigenvalue weighted by atomic mass is 10.2. The van der Waals surface area contributed by atoms with Gasteiger partial charge in [-0.1, -0.05) is 0 Å². The van der Waals surface area contributed by atoms with Gasteiger partial charge in [-0.15, -0.1) is 11.8 Å². The number of hydrogen-bond acceptors (Lipinski definition) is 4. The van der Waals surface area contributed by atoms with Crippen molar-refractivity contribution in [1.29, 1.82) is 0 Å². The van der Waals surface area contributed by atoms with Gasteiger partial charge in [0, 0.05) is 25.4 Å². The molecule has 1 N–H and O–H groups in total. The molecule has 2 atom stereocenters. The van der Waals surface area contributed by atoms with E-state index in [0.717, 1.165) is 12.8 Å². The van der Waals surface area contributed by atoms with Crippen LogP contribution < -0.4 is 0 Å². The summed E-state index contributed by atoms with van der Waals surface area (Å²) in [7, 11) is 1.60. The van der Waals surface area contributed by atoms with E-state index in [-0.39, 0.29) is 17.4 Å². The number of urea groups is 1. The Labute approximate surface area is 129 Å². The third-order valence-corrected chi connectivity index (χ3v) is 5.43. The molecule has 1 aliphatic heterocycles. The topological polar surface area (TPSA) is 70.1 Å². The van der Waals surface area contributed by atoms with Gasteiger partial charge in [0.05, 0.1) is 12.0 Å². The van der Waals surface area contributed by atoms with Gasteiger partial charge in [0.25, 0.3) is 0 Å². The van der Waals surface area contributed by atoms with Crippen molar-refractivity contribution in [3.8, 4) is 0 Å². The van der Waals surface area contributed by atoms with Gasteiger partial charge in [-0.2, -0.15) is 0 Å². The molecule has 21 heavy (non-hydrogen) atoms. The summed E-state index contributed by atoms with van der Waals surface area (Å²) < 4.78 is 5.06. The minimum absolute atomic E-state index is 0.0161. The predicted molar refractivity (Wildman–Crippen MR) is 81.3 cm³/mol. The van der Waals surface area contributed by atoms with E-state index in [0.29, 0.717) is 24.8 Å². The fraction of sp³-hybridized carbons (Fsp3) is 0.857. The van der Waals surface area contributed by atoms with Crippen LogP contribution in [0.1, 0.15) is 26.7 Å². The van der Waals surface area contributed by atoms with Gasteiger partial charge < -0.3 is 14.7 Å². The highest BCUT2D eigenvalue weighted by Crippen LogP contribution is 2.45. The van der Waals surface area contributed by atoms with Crippen molar-refractivity contribution in [2.75, 3.05) is 26.0 Å². The molecular formula is C14H24N2O4S. The summed E-state index contributed by atoms with van der Waals surface area (Å²) in [6.07, 6.45) is 2.18. The maximum absolute atomic E-state index is 12.9. The number of hydrogen-bond donors (Lipinski definition) is 1. The maximum atomic E-state index is 12.9. The van der Waals surface area contributed by atoms with Crippen LogP contribution in [0.2, 0.25) is 0 Å². The fourth-order valence-corrected chi connectivity index (χ4v) is 4.24. The molecule has 1 heterocycles. The first-order valence-corrected chi connectivity index (χ1v) is 8.44. The number of methoxy groups -OCH3 is 1. The summed E-state index contributed by atoms with van der Waals surface area (Å²) in [6, 6.07) is -0.860. The molecule has 0 bridgehead atoms. The van der Waals surface area contributed by atoms with Crippen molar-refractivity contribution in [1.82, 2.24) is 9.80 Å². The second-order valence-corrected chi connectivity index (χ2v) is 7.03. The summed E-state index contributed by atoms with van der Waals surface area (Å²) in [5.74, 6) is 0.0347. The third-order valence-electron chi connectivity index (χ3n) is 3.97. The molecule has 1 saturated heterocycles. The number of carbonyl (C=O) groups excluding carboxylic acids is 1. The van der Waals surface area contributed by atoms with Gasteiger partial charge in [0.1, 0.15) is 6.04 Å². The van der Waals surface area contributed by atoms with Crippen molar-refractivity contribution in [2.24, 2.45) is 5.92 Å². The number of rotatable bonds is 6. The standard InChI is InChI=1S/C14H24N2O4S/c1-9(2)15(6-7-20-3)14(19)16-11(13(17)18)8-21-12(16)10-4-5-10/h9-12H,4-8H2,1-3H3,(H,17,18). The van der Waals surface area contributed by atoms with E-state index in [9.17, 15) is 14.7 Å². The van der Waals surface area contributed by atoms with Crippen LogP contribution in [-0.4, -0.2) is 70.4 Å². The second kappa shape index (κ2) is 6.87. The largest absolute Gasteiger partial charge is 0.480 e. The molecule has 2 fully saturated rings. The zero-order valence-electron chi connectivity index (χ0n) is 12.8. The molecule has 0 spiro atoms. The van der Waals surface area contributed by atoms with Gasteiger partial charge in [-0.05, 0) is 32.6 Å². The highest BCUT2D eigenvalue weighted by Gasteiger charge is 2.49. The molecule has 1 aliphatic carbocycles. The minimum atomic E-state index is -0.908. The van der Waals surface area contributed by atoms with Crippen LogP contribution in [0.5, 0.6) is 0 Å². The van der Waals surface area contributed by atoms with Crippen LogP contribution in [0.4, 0.5) is 4.79 Å². The molecule has 0 aromatic carbocycles. The van der Waals surface area contributed by atoms with Crippen LogP contribution in [0.25, 0.3) is 0 Å². The number of nitrogens with zero attached hydrogens (tertiary/aromatic N) is 2. The van der Waals surface area contributed by atoms with Crippen molar-refractivity contribution >= 4 is 23.8 Å². The van der Waals surface area contributed by atoms with E-state index in [1.807, 2.05) is 13.8 Å². The number of thioether (sulfide) groups is 1. The molecule has 0 radical (unpaired) electrons. The molecule has 7 heteroatoms. The lowest BCUT2D eigenvalue weighted by Crippen LogP contribution is -2.54. The van der Waals surface area contributed by atoms with Crippen molar-refractivity contribution in [3.63, 3.8) is 0 Å². The van der Waals surface area contributed by atoms with Crippen molar-refractivity contribution in [2.45, 2.75) is 44.1 Å². The summed E-state index contributed by atoms with van der Waals surface area (Å²) in [5, 5.41) is 9.41. The smallest absolute Gasteiger partial charge is 0.327 e. The first-order valence-electron chi connectivity index (χ1n) is 7.39. The number of amides is 2. The quantitative estimate of drug-likeness (QED) is 0.807. The molecule has 2 amide bonds. The Bertz CT molecular complexity index is 400. The molecule has 120 valence electrons. The molecule has 0 aromatic rings. The third kappa shape index (κ3) is 3.63. The summed E-state index contributed by atoms with van der Waals surface area (Å²) in [4.78, 5) is 27.6. The van der Waals surface area contributed by atoms with Gasteiger partial charge in [-0.25, -0.2) is 9.59 Å². The van der Waals surface area contributed by atoms with Crippen LogP contribution in [0.3, 0.4) is 0 Å². The molecule has 2 rings (SSSR count). The zero-order valence-corrected chi connectivity index (χ0v) is 13.6. The molecule has 6 nitrogen and oxygen atoms in total. The first-order chi connectivity index (χ1) is 9.97. The summed E-state index contributed by atoms with van der Waals surface area (Å²) in [6.45, 7) is 4.83. The predicted octanol–water partition coefficient (Wildman–Crippen LogP) is 1.70. The van der Waals surface area contributed by atoms with E-state index >= 15 is 0 Å². The minimum Gasteiger partial charge on any atom is -0.480 e. The Morgan fingerprint density at radius 1 is 1.43 bits per heavy atom. The number of carbonyl (C=O) groups is 2. The normalized spacial score (nSPS) is 25.4. The Morgan fingerprint density at radius 2 is 2.10 bits per heavy atom. The molecule has 2 aliphatic rings. The van der Waals surface area contributed by atoms with Crippen LogP contribution in [0.15, 0.2) is 0 Å². The average molecular weight is 316 g/mol. The summed E-state index contributed by atoms with van der Waals surface area (Å²) >= 11 is 1.61. The maximum Gasteiger partial charge on any atom is 0.327 e. The average Bonchev–Trinajstić information content (AvgIpc) is 3.16. The van der Waals surface area contributed by atoms with E-state index < -0.39 is 12.0 Å². The molecule has 2 unspecified atom stereocenters. The van der Waals surface area contributed by atoms with Crippen molar-refractivity contribution in [3.05, 3.63) is 0 Å². The lowest BCUT2D eigenvalue weighted by molar-refractivity contribution is -0.141. The number of ether oxygens (including phenoxy) is 1. The Morgan fingerprint density at radius 3 is 2.57 bits per heavy atom. The molecule has 1 saturated carbocycles. The molecular weight excluding hydrogens is 292 g/mol. The van der Waals surface area contributed by atoms with Gasteiger partial charge in [-0.3, -0.25) is 4.90 Å². The second-order valence-electron chi connectivity index (χ2n) is 5.89. The van der Waals surface area contributed by atoms with Gasteiger partial charge in [0.2, 0.25) is 0 Å². The Kier molecular flexibility index (Phi) is 5.37. The SMILES string of the molecule is COCCN(C(=O)N1C(C(=O)O)CSC1C1CC1)C(C)C. The van der Waals surface area contributed by atoms with Gasteiger partial charge >= 0.3 is 12.0 Å². The highest BCUT2D eigenvalue weighted by molar-refractivity contribution is 8.00. The van der Waals surface area contributed by atoms with E-state index in [1.165, 1.54) is 0 Å². The number of aliphatic carboxylic acids is 1. The highest BCUT2D eigenvalue weighted by atomic mass is 32.2. The van der Waals surface area contributed by atoms with Crippen LogP contribution in [0, 0.1) is 5.92 Å². The zero-order chi connectivity index (χ0) is 15.6. The summed E-state index contributed by atoms with van der Waals surface area (Å²) in [5.41, 5.74) is 0. The van der Waals surface area contributed by atoms with Crippen LogP contribution >= 0.6 is 11.8 Å². The fourth-order valence-electron chi connectivity index (χ4n) is 2.62. The van der Waals surface area contributed by atoms with E-state index in [4.69, 9.17) is 4.74 Å². The Hall–Kier alpha value is -0.950.